The number of Topliss-reactive ketones (excluding diaryl/α,β-unsaturated/α-hetero) is 2. The summed E-state index contributed by atoms with van der Waals surface area (Å²) in [6.45, 7) is 6.16. The van der Waals surface area contributed by atoms with Gasteiger partial charge >= 0.3 is 5.97 Å². The van der Waals surface area contributed by atoms with Crippen LogP contribution in [-0.2, 0) is 20.7 Å². The number of fused-ring (bicyclic) bond motifs is 2. The van der Waals surface area contributed by atoms with Gasteiger partial charge in [0.1, 0.15) is 28.9 Å². The lowest BCUT2D eigenvalue weighted by Crippen LogP contribution is -2.45. The minimum atomic E-state index is -1.27. The molecule has 0 amide bonds. The number of phenols is 1. The van der Waals surface area contributed by atoms with Crippen LogP contribution in [0.5, 0.6) is 11.5 Å². The number of aryl methyl sites for hydroxylation is 1. The first-order chi connectivity index (χ1) is 12.6. The Morgan fingerprint density at radius 2 is 1.93 bits per heavy atom. The fraction of sp³-hybridized carbons (Fsp3) is 0.450. The van der Waals surface area contributed by atoms with E-state index < -0.39 is 29.9 Å². The van der Waals surface area contributed by atoms with E-state index in [1.165, 1.54) is 19.9 Å². The number of esters is 1. The highest BCUT2D eigenvalue weighted by Crippen LogP contribution is 2.42. The van der Waals surface area contributed by atoms with Gasteiger partial charge in [-0.3, -0.25) is 4.79 Å². The number of carbonyl (C=O) groups excluding carboxylic acids is 3. The van der Waals surface area contributed by atoms with Crippen LogP contribution in [-0.4, -0.2) is 40.0 Å². The number of carbonyl (C=O) groups is 3. The maximum absolute atomic E-state index is 12.9. The number of aromatic hydroxyl groups is 1. The van der Waals surface area contributed by atoms with Crippen molar-refractivity contribution in [2.24, 2.45) is 5.92 Å². The van der Waals surface area contributed by atoms with E-state index >= 15 is 0 Å². The lowest BCUT2D eigenvalue weighted by Gasteiger charge is -2.33. The molecule has 0 fully saturated rings. The molecule has 0 bridgehead atoms. The SMILES string of the molecule is CC(=O)CCc1cc(O)c(C)c2c1C(=O)OC1=C(C)C(=O)C(O)C(C)C1O2. The van der Waals surface area contributed by atoms with Gasteiger partial charge in [-0.15, -0.1) is 0 Å². The quantitative estimate of drug-likeness (QED) is 0.779. The van der Waals surface area contributed by atoms with Crippen molar-refractivity contribution in [2.45, 2.75) is 52.7 Å². The smallest absolute Gasteiger partial charge is 0.347 e. The van der Waals surface area contributed by atoms with Crippen LogP contribution < -0.4 is 4.74 Å². The molecular formula is C20H22O7. The van der Waals surface area contributed by atoms with Crippen molar-refractivity contribution in [1.29, 1.82) is 0 Å². The molecular weight excluding hydrogens is 352 g/mol. The maximum atomic E-state index is 12.9. The minimum absolute atomic E-state index is 0.0544. The first kappa shape index (κ1) is 19.1. The third kappa shape index (κ3) is 3.12. The van der Waals surface area contributed by atoms with Crippen LogP contribution >= 0.6 is 0 Å². The number of hydrogen-bond donors (Lipinski definition) is 2. The van der Waals surface area contributed by atoms with Gasteiger partial charge in [-0.1, -0.05) is 6.92 Å². The Morgan fingerprint density at radius 1 is 1.26 bits per heavy atom. The van der Waals surface area contributed by atoms with Crippen molar-refractivity contribution >= 4 is 17.5 Å². The van der Waals surface area contributed by atoms with Crippen molar-refractivity contribution in [3.8, 4) is 11.5 Å². The molecule has 7 nitrogen and oxygen atoms in total. The number of aliphatic hydroxyl groups is 1. The lowest BCUT2D eigenvalue weighted by atomic mass is 9.84. The Hall–Kier alpha value is -2.67. The van der Waals surface area contributed by atoms with Crippen molar-refractivity contribution in [3.05, 3.63) is 34.1 Å². The van der Waals surface area contributed by atoms with Crippen LogP contribution in [0.4, 0.5) is 0 Å². The summed E-state index contributed by atoms with van der Waals surface area (Å²) in [6, 6.07) is 1.43. The van der Waals surface area contributed by atoms with Gasteiger partial charge in [-0.05, 0) is 38.8 Å². The summed E-state index contributed by atoms with van der Waals surface area (Å²) < 4.78 is 11.5. The highest BCUT2D eigenvalue weighted by molar-refractivity contribution is 6.02. The lowest BCUT2D eigenvalue weighted by molar-refractivity contribution is -0.129. The number of aliphatic hydroxyl groups excluding tert-OH is 1. The summed E-state index contributed by atoms with van der Waals surface area (Å²) in [7, 11) is 0. The standard InChI is InChI=1S/C20H22O7/c1-8(21)5-6-12-7-13(22)9(2)17-14(12)20(25)27-19-11(4)16(24)15(23)10(3)18(19)26-17/h7,10,15,18,22-23H,5-6H2,1-4H3. The Balaban J connectivity index is 2.17. The normalized spacial score (nSPS) is 24.6. The van der Waals surface area contributed by atoms with Crippen LogP contribution in [0.2, 0.25) is 0 Å². The van der Waals surface area contributed by atoms with E-state index in [2.05, 4.69) is 0 Å². The molecule has 0 saturated heterocycles. The second kappa shape index (κ2) is 6.81. The van der Waals surface area contributed by atoms with Crippen molar-refractivity contribution < 1.29 is 34.1 Å². The van der Waals surface area contributed by atoms with Gasteiger partial charge in [-0.2, -0.15) is 0 Å². The molecule has 3 unspecified atom stereocenters. The molecule has 1 aromatic rings. The molecule has 2 aliphatic rings. The predicted molar refractivity (Wildman–Crippen MR) is 94.6 cm³/mol. The highest BCUT2D eigenvalue weighted by atomic mass is 16.6. The summed E-state index contributed by atoms with van der Waals surface area (Å²) >= 11 is 0. The Morgan fingerprint density at radius 3 is 2.56 bits per heavy atom. The summed E-state index contributed by atoms with van der Waals surface area (Å²) in [5.41, 5.74) is 1.06. The van der Waals surface area contributed by atoms with Crippen LogP contribution in [0, 0.1) is 12.8 Å². The van der Waals surface area contributed by atoms with E-state index in [0.717, 1.165) is 0 Å². The molecule has 1 heterocycles. The first-order valence-corrected chi connectivity index (χ1v) is 8.80. The number of hydrogen-bond acceptors (Lipinski definition) is 7. The molecule has 1 aromatic carbocycles. The van der Waals surface area contributed by atoms with Gasteiger partial charge in [-0.25, -0.2) is 4.79 Å². The molecule has 27 heavy (non-hydrogen) atoms. The number of ether oxygens (including phenoxy) is 2. The van der Waals surface area contributed by atoms with Crippen LogP contribution in [0.1, 0.15) is 48.7 Å². The Kier molecular flexibility index (Phi) is 4.82. The fourth-order valence-corrected chi connectivity index (χ4v) is 3.45. The second-order valence-corrected chi connectivity index (χ2v) is 7.17. The topological polar surface area (TPSA) is 110 Å². The third-order valence-corrected chi connectivity index (χ3v) is 5.22. The molecule has 3 atom stereocenters. The summed E-state index contributed by atoms with van der Waals surface area (Å²) in [4.78, 5) is 36.4. The Bertz CT molecular complexity index is 881. The zero-order valence-corrected chi connectivity index (χ0v) is 15.7. The van der Waals surface area contributed by atoms with E-state index in [9.17, 15) is 24.6 Å². The van der Waals surface area contributed by atoms with Gasteiger partial charge in [0, 0.05) is 23.5 Å². The van der Waals surface area contributed by atoms with Crippen LogP contribution in [0.25, 0.3) is 0 Å². The number of benzene rings is 1. The van der Waals surface area contributed by atoms with E-state index in [4.69, 9.17) is 9.47 Å². The molecule has 0 saturated carbocycles. The minimum Gasteiger partial charge on any atom is -0.508 e. The van der Waals surface area contributed by atoms with Gasteiger partial charge in [0.2, 0.25) is 0 Å². The molecule has 1 aliphatic carbocycles. The van der Waals surface area contributed by atoms with Gasteiger partial charge in [0.25, 0.3) is 0 Å². The number of rotatable bonds is 3. The summed E-state index contributed by atoms with van der Waals surface area (Å²) in [6.07, 6.45) is -1.68. The fourth-order valence-electron chi connectivity index (χ4n) is 3.45. The van der Waals surface area contributed by atoms with E-state index in [1.54, 1.807) is 13.8 Å². The zero-order chi connectivity index (χ0) is 20.0. The molecule has 1 aliphatic heterocycles. The van der Waals surface area contributed by atoms with E-state index in [-0.39, 0.29) is 47.0 Å². The summed E-state index contributed by atoms with van der Waals surface area (Å²) in [5, 5.41) is 20.5. The molecule has 0 spiro atoms. The molecule has 0 radical (unpaired) electrons. The van der Waals surface area contributed by atoms with E-state index in [0.29, 0.717) is 11.1 Å². The van der Waals surface area contributed by atoms with E-state index in [1.807, 2.05) is 0 Å². The third-order valence-electron chi connectivity index (χ3n) is 5.22. The van der Waals surface area contributed by atoms with Crippen molar-refractivity contribution in [3.63, 3.8) is 0 Å². The molecule has 7 heteroatoms. The molecule has 144 valence electrons. The molecule has 2 N–H and O–H groups in total. The summed E-state index contributed by atoms with van der Waals surface area (Å²) in [5.74, 6) is -1.74. The number of ketones is 2. The monoisotopic (exact) mass is 374 g/mol. The average Bonchev–Trinajstić information content (AvgIpc) is 2.77. The van der Waals surface area contributed by atoms with Crippen LogP contribution in [0.3, 0.4) is 0 Å². The predicted octanol–water partition coefficient (Wildman–Crippen LogP) is 1.99. The van der Waals surface area contributed by atoms with Crippen molar-refractivity contribution in [1.82, 2.24) is 0 Å². The highest BCUT2D eigenvalue weighted by Gasteiger charge is 2.45. The van der Waals surface area contributed by atoms with Gasteiger partial charge in [0.15, 0.2) is 17.6 Å². The Labute approximate surface area is 156 Å². The van der Waals surface area contributed by atoms with Gasteiger partial charge in [0.05, 0.1) is 0 Å². The maximum Gasteiger partial charge on any atom is 0.347 e. The molecule has 0 aromatic heterocycles. The first-order valence-electron chi connectivity index (χ1n) is 8.80. The molecule has 3 rings (SSSR count). The zero-order valence-electron chi connectivity index (χ0n) is 15.7. The van der Waals surface area contributed by atoms with Crippen LogP contribution in [0.15, 0.2) is 17.4 Å². The average molecular weight is 374 g/mol. The van der Waals surface area contributed by atoms with Gasteiger partial charge < -0.3 is 24.5 Å². The second-order valence-electron chi connectivity index (χ2n) is 7.17. The van der Waals surface area contributed by atoms with Crippen molar-refractivity contribution in [2.75, 3.05) is 0 Å². The largest absolute Gasteiger partial charge is 0.508 e. The number of phenolic OH excluding ortho intramolecular Hbond substituents is 1.